The van der Waals surface area contributed by atoms with Crippen LogP contribution in [0.1, 0.15) is 28.2 Å². The van der Waals surface area contributed by atoms with Crippen molar-refractivity contribution >= 4 is 67.4 Å². The number of nitrogens with zero attached hydrogens (tertiary/aromatic N) is 2. The van der Waals surface area contributed by atoms with Crippen LogP contribution in [0.15, 0.2) is 46.9 Å². The molecule has 0 bridgehead atoms. The molecule has 0 aliphatic rings. The Labute approximate surface area is 207 Å². The van der Waals surface area contributed by atoms with Crippen LogP contribution in [0, 0.1) is 0 Å². The van der Waals surface area contributed by atoms with Crippen molar-refractivity contribution in [2.45, 2.75) is 19.3 Å². The number of rotatable bonds is 10. The van der Waals surface area contributed by atoms with Crippen LogP contribution >= 0.6 is 50.5 Å². The van der Waals surface area contributed by atoms with Crippen molar-refractivity contribution in [3.63, 3.8) is 0 Å². The van der Waals surface area contributed by atoms with E-state index >= 15 is 0 Å². The number of ether oxygens (including phenoxy) is 1. The monoisotopic (exact) mass is 556 g/mol. The van der Waals surface area contributed by atoms with E-state index in [9.17, 15) is 9.59 Å². The Morgan fingerprint density at radius 1 is 1.12 bits per heavy atom. The van der Waals surface area contributed by atoms with Gasteiger partial charge in [0, 0.05) is 34.4 Å². The second kappa shape index (κ2) is 12.2. The van der Waals surface area contributed by atoms with Gasteiger partial charge in [0.15, 0.2) is 0 Å². The lowest BCUT2D eigenvalue weighted by atomic mass is 10.2. The molecule has 0 saturated heterocycles. The fraction of sp³-hybridized carbons (Fsp3) is 0.238. The summed E-state index contributed by atoms with van der Waals surface area (Å²) in [6.07, 6.45) is 1.30. The molecular weight excluding hydrogens is 539 g/mol. The van der Waals surface area contributed by atoms with Gasteiger partial charge < -0.3 is 15.4 Å². The third-order valence-corrected chi connectivity index (χ3v) is 6.05. The van der Waals surface area contributed by atoms with Crippen LogP contribution in [0.5, 0.6) is 5.75 Å². The summed E-state index contributed by atoms with van der Waals surface area (Å²) in [6.45, 7) is 0.756. The molecule has 3 rings (SSSR count). The summed E-state index contributed by atoms with van der Waals surface area (Å²) >= 11 is 16.5. The molecule has 7 nitrogen and oxygen atoms in total. The molecule has 0 unspecified atom stereocenters. The van der Waals surface area contributed by atoms with Gasteiger partial charge in [-0.1, -0.05) is 56.5 Å². The summed E-state index contributed by atoms with van der Waals surface area (Å²) in [6, 6.07) is 12.1. The summed E-state index contributed by atoms with van der Waals surface area (Å²) in [4.78, 5) is 24.2. The molecule has 3 aromatic rings. The predicted octanol–water partition coefficient (Wildman–Crippen LogP) is 5.38. The molecule has 0 saturated carbocycles. The third kappa shape index (κ3) is 7.74. The predicted molar refractivity (Wildman–Crippen MR) is 130 cm³/mol. The molecule has 2 N–H and O–H groups in total. The lowest BCUT2D eigenvalue weighted by molar-refractivity contribution is -0.116. The van der Waals surface area contributed by atoms with Gasteiger partial charge >= 0.3 is 0 Å². The van der Waals surface area contributed by atoms with E-state index in [2.05, 4.69) is 36.8 Å². The zero-order chi connectivity index (χ0) is 22.9. The first-order valence-corrected chi connectivity index (χ1v) is 12.0. The average Bonchev–Trinajstić information content (AvgIpc) is 3.19. The number of carbonyl (C=O) groups excluding carboxylic acids is 2. The minimum atomic E-state index is -0.179. The van der Waals surface area contributed by atoms with Crippen molar-refractivity contribution < 1.29 is 14.3 Å². The van der Waals surface area contributed by atoms with Crippen LogP contribution in [0.2, 0.25) is 10.0 Å². The highest BCUT2D eigenvalue weighted by Crippen LogP contribution is 2.27. The van der Waals surface area contributed by atoms with Gasteiger partial charge in [-0.2, -0.15) is 0 Å². The Kier molecular flexibility index (Phi) is 9.28. The van der Waals surface area contributed by atoms with Crippen molar-refractivity contribution in [2.75, 3.05) is 18.5 Å². The van der Waals surface area contributed by atoms with Crippen molar-refractivity contribution in [1.29, 1.82) is 0 Å². The Balaban J connectivity index is 1.35. The number of carbonyl (C=O) groups is 2. The molecule has 0 spiro atoms. The fourth-order valence-electron chi connectivity index (χ4n) is 2.61. The van der Waals surface area contributed by atoms with Crippen LogP contribution < -0.4 is 15.4 Å². The van der Waals surface area contributed by atoms with E-state index in [0.29, 0.717) is 52.5 Å². The van der Waals surface area contributed by atoms with Crippen molar-refractivity contribution in [3.8, 4) is 5.75 Å². The van der Waals surface area contributed by atoms with E-state index in [1.54, 1.807) is 36.4 Å². The molecule has 32 heavy (non-hydrogen) atoms. The van der Waals surface area contributed by atoms with Gasteiger partial charge in [0.1, 0.15) is 10.8 Å². The molecule has 0 aliphatic carbocycles. The summed E-state index contributed by atoms with van der Waals surface area (Å²) < 4.78 is 6.41. The van der Waals surface area contributed by atoms with Gasteiger partial charge in [0.05, 0.1) is 11.6 Å². The minimum Gasteiger partial charge on any atom is -0.492 e. The van der Waals surface area contributed by atoms with Gasteiger partial charge in [0.25, 0.3) is 5.91 Å². The van der Waals surface area contributed by atoms with Crippen molar-refractivity contribution in [2.24, 2.45) is 0 Å². The zero-order valence-corrected chi connectivity index (χ0v) is 20.7. The molecule has 2 amide bonds. The van der Waals surface area contributed by atoms with Crippen LogP contribution in [0.4, 0.5) is 5.13 Å². The maximum Gasteiger partial charge on any atom is 0.251 e. The molecule has 0 atom stereocenters. The molecule has 1 aromatic heterocycles. The smallest absolute Gasteiger partial charge is 0.251 e. The highest BCUT2D eigenvalue weighted by Gasteiger charge is 2.10. The molecule has 1 heterocycles. The number of hydrogen-bond donors (Lipinski definition) is 2. The second-order valence-corrected chi connectivity index (χ2v) is 9.41. The quantitative estimate of drug-likeness (QED) is 0.326. The summed E-state index contributed by atoms with van der Waals surface area (Å²) in [5.41, 5.74) is 0.576. The zero-order valence-electron chi connectivity index (χ0n) is 16.7. The Morgan fingerprint density at radius 2 is 1.97 bits per heavy atom. The molecule has 168 valence electrons. The van der Waals surface area contributed by atoms with E-state index in [1.807, 2.05) is 6.07 Å². The van der Waals surface area contributed by atoms with E-state index in [-0.39, 0.29) is 18.2 Å². The van der Waals surface area contributed by atoms with Crippen molar-refractivity contribution in [3.05, 3.63) is 67.6 Å². The molecule has 11 heteroatoms. The lowest BCUT2D eigenvalue weighted by Crippen LogP contribution is -2.25. The Hall–Kier alpha value is -2.20. The number of anilines is 1. The van der Waals surface area contributed by atoms with Crippen LogP contribution in [-0.2, 0) is 11.2 Å². The lowest BCUT2D eigenvalue weighted by Gasteiger charge is -2.07. The van der Waals surface area contributed by atoms with Gasteiger partial charge in [-0.15, -0.1) is 10.2 Å². The van der Waals surface area contributed by atoms with Gasteiger partial charge in [-0.3, -0.25) is 9.59 Å². The SMILES string of the molecule is O=C(CCCOc1ccc(Cl)cc1Cl)Nc1nnc(CCNC(=O)c2cccc(Br)c2)s1. The standard InChI is InChI=1S/C21H19BrCl2N4O3S/c22-14-4-1-3-13(11-14)20(30)25-9-8-19-27-28-21(32-19)26-18(29)5-2-10-31-17-7-6-15(23)12-16(17)24/h1,3-4,6-7,11-12H,2,5,8-10H2,(H,25,30)(H,26,28,29). The maximum atomic E-state index is 12.1. The number of amides is 2. The second-order valence-electron chi connectivity index (χ2n) is 6.59. The number of aromatic nitrogens is 2. The topological polar surface area (TPSA) is 93.2 Å². The number of benzene rings is 2. The van der Waals surface area contributed by atoms with E-state index in [4.69, 9.17) is 27.9 Å². The van der Waals surface area contributed by atoms with Crippen LogP contribution in [0.25, 0.3) is 0 Å². The highest BCUT2D eigenvalue weighted by atomic mass is 79.9. The van der Waals surface area contributed by atoms with Crippen LogP contribution in [0.3, 0.4) is 0 Å². The van der Waals surface area contributed by atoms with Gasteiger partial charge in [-0.25, -0.2) is 0 Å². The largest absolute Gasteiger partial charge is 0.492 e. The van der Waals surface area contributed by atoms with Crippen molar-refractivity contribution in [1.82, 2.24) is 15.5 Å². The van der Waals surface area contributed by atoms with Crippen LogP contribution in [-0.4, -0.2) is 35.2 Å². The molecule has 0 fully saturated rings. The molecule has 0 aliphatic heterocycles. The third-order valence-electron chi connectivity index (χ3n) is 4.12. The maximum absolute atomic E-state index is 12.1. The molecule has 0 radical (unpaired) electrons. The normalized spacial score (nSPS) is 10.6. The fourth-order valence-corrected chi connectivity index (χ4v) is 4.23. The van der Waals surface area contributed by atoms with Gasteiger partial charge in [0.2, 0.25) is 11.0 Å². The van der Waals surface area contributed by atoms with E-state index in [1.165, 1.54) is 11.3 Å². The summed E-state index contributed by atoms with van der Waals surface area (Å²) in [5, 5.41) is 15.7. The number of nitrogens with one attached hydrogen (secondary N) is 2. The summed E-state index contributed by atoms with van der Waals surface area (Å²) in [7, 11) is 0. The van der Waals surface area contributed by atoms with Gasteiger partial charge in [-0.05, 0) is 42.8 Å². The first-order valence-electron chi connectivity index (χ1n) is 9.64. The average molecular weight is 558 g/mol. The van der Waals surface area contributed by atoms with E-state index < -0.39 is 0 Å². The highest BCUT2D eigenvalue weighted by molar-refractivity contribution is 9.10. The minimum absolute atomic E-state index is 0.161. The first kappa shape index (κ1) is 24.4. The Morgan fingerprint density at radius 3 is 2.75 bits per heavy atom. The number of hydrogen-bond acceptors (Lipinski definition) is 6. The molecule has 2 aromatic carbocycles. The number of halogens is 3. The summed E-state index contributed by atoms with van der Waals surface area (Å²) in [5.74, 6) is 0.185. The first-order chi connectivity index (χ1) is 15.4. The molecular formula is C21H19BrCl2N4O3S. The Bertz CT molecular complexity index is 1100. The van der Waals surface area contributed by atoms with E-state index in [0.717, 1.165) is 9.48 Å².